The standard InChI is InChI=1S/C23H20ClN3OS2/c1-2-3-13-26-22(28)21(30-23(26)29)15-19-14-20(16-9-11-17(24)12-10-16)25-27(19)18-7-5-4-6-8-18/h4-12,14-15H,2-3,13H2,1H3. The van der Waals surface area contributed by atoms with E-state index in [4.69, 9.17) is 28.9 Å². The molecule has 0 unspecified atom stereocenters. The van der Waals surface area contributed by atoms with Crippen LogP contribution in [0.2, 0.25) is 5.02 Å². The van der Waals surface area contributed by atoms with Gasteiger partial charge in [-0.1, -0.05) is 79.3 Å². The molecule has 0 spiro atoms. The van der Waals surface area contributed by atoms with Gasteiger partial charge in [0.25, 0.3) is 5.91 Å². The van der Waals surface area contributed by atoms with Crippen LogP contribution in [0.25, 0.3) is 23.0 Å². The zero-order valence-electron chi connectivity index (χ0n) is 16.4. The SMILES string of the molecule is CCCCN1C(=O)C(=Cc2cc(-c3ccc(Cl)cc3)nn2-c2ccccc2)SC1=S. The monoisotopic (exact) mass is 453 g/mol. The highest BCUT2D eigenvalue weighted by Gasteiger charge is 2.31. The molecule has 0 saturated carbocycles. The molecule has 1 saturated heterocycles. The number of nitrogens with zero attached hydrogens (tertiary/aromatic N) is 3. The first-order chi connectivity index (χ1) is 14.6. The average Bonchev–Trinajstić information content (AvgIpc) is 3.29. The number of hydrogen-bond acceptors (Lipinski definition) is 4. The number of carbonyl (C=O) groups is 1. The van der Waals surface area contributed by atoms with Crippen molar-refractivity contribution in [2.45, 2.75) is 19.8 Å². The molecule has 0 N–H and O–H groups in total. The Morgan fingerprint density at radius 2 is 1.87 bits per heavy atom. The molecule has 0 atom stereocenters. The van der Waals surface area contributed by atoms with Crippen LogP contribution in [0.15, 0.2) is 65.6 Å². The third-order valence-corrected chi connectivity index (χ3v) is 6.40. The summed E-state index contributed by atoms with van der Waals surface area (Å²) in [5.74, 6) is -0.0349. The van der Waals surface area contributed by atoms with E-state index in [1.165, 1.54) is 11.8 Å². The second kappa shape index (κ2) is 9.16. The van der Waals surface area contributed by atoms with E-state index in [2.05, 4.69) is 6.92 Å². The molecular formula is C23H20ClN3OS2. The van der Waals surface area contributed by atoms with Gasteiger partial charge >= 0.3 is 0 Å². The second-order valence-corrected chi connectivity index (χ2v) is 9.01. The molecule has 1 fully saturated rings. The molecule has 1 amide bonds. The molecule has 1 aliphatic heterocycles. The van der Waals surface area contributed by atoms with E-state index in [1.807, 2.05) is 71.4 Å². The van der Waals surface area contributed by atoms with Crippen LogP contribution in [0.1, 0.15) is 25.5 Å². The first-order valence-electron chi connectivity index (χ1n) is 9.73. The topological polar surface area (TPSA) is 38.1 Å². The fourth-order valence-electron chi connectivity index (χ4n) is 3.18. The predicted octanol–water partition coefficient (Wildman–Crippen LogP) is 6.19. The normalized spacial score (nSPS) is 15.4. The number of thioether (sulfide) groups is 1. The van der Waals surface area contributed by atoms with Crippen molar-refractivity contribution >= 4 is 51.9 Å². The Bertz CT molecular complexity index is 1110. The van der Waals surface area contributed by atoms with E-state index in [0.717, 1.165) is 35.5 Å². The van der Waals surface area contributed by atoms with Crippen LogP contribution in [0, 0.1) is 0 Å². The Balaban J connectivity index is 1.75. The summed E-state index contributed by atoms with van der Waals surface area (Å²) in [6, 6.07) is 19.4. The van der Waals surface area contributed by atoms with Crippen LogP contribution in [0.3, 0.4) is 0 Å². The number of aromatic nitrogens is 2. The molecule has 152 valence electrons. The van der Waals surface area contributed by atoms with Crippen LogP contribution in [-0.2, 0) is 4.79 Å². The van der Waals surface area contributed by atoms with Gasteiger partial charge in [0.05, 0.1) is 22.0 Å². The largest absolute Gasteiger partial charge is 0.293 e. The van der Waals surface area contributed by atoms with Gasteiger partial charge in [-0.05, 0) is 42.8 Å². The van der Waals surface area contributed by atoms with E-state index in [0.29, 0.717) is 20.8 Å². The molecule has 3 aromatic rings. The van der Waals surface area contributed by atoms with Crippen molar-refractivity contribution in [1.82, 2.24) is 14.7 Å². The molecule has 0 radical (unpaired) electrons. The molecule has 4 nitrogen and oxygen atoms in total. The van der Waals surface area contributed by atoms with E-state index in [1.54, 1.807) is 4.90 Å². The summed E-state index contributed by atoms with van der Waals surface area (Å²) in [6.07, 6.45) is 3.83. The van der Waals surface area contributed by atoms with Crippen molar-refractivity contribution in [3.8, 4) is 16.9 Å². The molecule has 0 aliphatic carbocycles. The van der Waals surface area contributed by atoms with Crippen LogP contribution >= 0.6 is 35.6 Å². The zero-order valence-corrected chi connectivity index (χ0v) is 18.8. The molecule has 1 aliphatic rings. The maximum absolute atomic E-state index is 12.9. The number of carbonyl (C=O) groups excluding carboxylic acids is 1. The van der Waals surface area contributed by atoms with Gasteiger partial charge in [0.1, 0.15) is 4.32 Å². The number of benzene rings is 2. The van der Waals surface area contributed by atoms with Crippen molar-refractivity contribution in [1.29, 1.82) is 0 Å². The van der Waals surface area contributed by atoms with Gasteiger partial charge in [0.2, 0.25) is 0 Å². The second-order valence-electron chi connectivity index (χ2n) is 6.90. The summed E-state index contributed by atoms with van der Waals surface area (Å²) >= 11 is 12.8. The molecule has 4 rings (SSSR count). The maximum Gasteiger partial charge on any atom is 0.266 e. The maximum atomic E-state index is 12.9. The Morgan fingerprint density at radius 1 is 1.13 bits per heavy atom. The minimum Gasteiger partial charge on any atom is -0.293 e. The quantitative estimate of drug-likeness (QED) is 0.329. The van der Waals surface area contributed by atoms with Gasteiger partial charge in [0.15, 0.2) is 0 Å². The van der Waals surface area contributed by atoms with Gasteiger partial charge in [-0.15, -0.1) is 0 Å². The number of amides is 1. The highest BCUT2D eigenvalue weighted by Crippen LogP contribution is 2.34. The minimum atomic E-state index is -0.0349. The van der Waals surface area contributed by atoms with Crippen molar-refractivity contribution in [2.24, 2.45) is 0 Å². The van der Waals surface area contributed by atoms with Crippen LogP contribution in [0.4, 0.5) is 0 Å². The lowest BCUT2D eigenvalue weighted by Crippen LogP contribution is -2.28. The van der Waals surface area contributed by atoms with Crippen molar-refractivity contribution < 1.29 is 4.79 Å². The number of halogens is 1. The van der Waals surface area contributed by atoms with Gasteiger partial charge in [0, 0.05) is 17.1 Å². The van der Waals surface area contributed by atoms with Crippen LogP contribution in [0.5, 0.6) is 0 Å². The Kier molecular flexibility index (Phi) is 6.37. The summed E-state index contributed by atoms with van der Waals surface area (Å²) in [5, 5.41) is 5.48. The minimum absolute atomic E-state index is 0.0349. The fraction of sp³-hybridized carbons (Fsp3) is 0.174. The molecule has 30 heavy (non-hydrogen) atoms. The number of para-hydroxylation sites is 1. The van der Waals surface area contributed by atoms with Gasteiger partial charge < -0.3 is 0 Å². The van der Waals surface area contributed by atoms with Crippen LogP contribution in [-0.4, -0.2) is 31.5 Å². The van der Waals surface area contributed by atoms with E-state index in [-0.39, 0.29) is 5.91 Å². The Labute approximate surface area is 190 Å². The molecular weight excluding hydrogens is 434 g/mol. The fourth-order valence-corrected chi connectivity index (χ4v) is 4.60. The Morgan fingerprint density at radius 3 is 2.57 bits per heavy atom. The lowest BCUT2D eigenvalue weighted by Gasteiger charge is -2.13. The highest BCUT2D eigenvalue weighted by molar-refractivity contribution is 8.26. The summed E-state index contributed by atoms with van der Waals surface area (Å²) in [4.78, 5) is 15.2. The third-order valence-electron chi connectivity index (χ3n) is 4.77. The number of unbranched alkanes of at least 4 members (excludes halogenated alkanes) is 1. The number of hydrogen-bond donors (Lipinski definition) is 0. The number of rotatable bonds is 6. The lowest BCUT2D eigenvalue weighted by atomic mass is 10.1. The third kappa shape index (κ3) is 4.36. The number of thiocarbonyl (C=S) groups is 1. The summed E-state index contributed by atoms with van der Waals surface area (Å²) in [5.41, 5.74) is 3.51. The zero-order chi connectivity index (χ0) is 21.1. The Hall–Kier alpha value is -2.41. The first kappa shape index (κ1) is 20.8. The lowest BCUT2D eigenvalue weighted by molar-refractivity contribution is -0.122. The van der Waals surface area contributed by atoms with Crippen molar-refractivity contribution in [2.75, 3.05) is 6.54 Å². The van der Waals surface area contributed by atoms with Crippen LogP contribution < -0.4 is 0 Å². The first-order valence-corrected chi connectivity index (χ1v) is 11.3. The highest BCUT2D eigenvalue weighted by atomic mass is 35.5. The molecule has 2 aromatic carbocycles. The molecule has 7 heteroatoms. The summed E-state index contributed by atoms with van der Waals surface area (Å²) in [6.45, 7) is 2.76. The molecule has 0 bridgehead atoms. The van der Waals surface area contributed by atoms with E-state index < -0.39 is 0 Å². The summed E-state index contributed by atoms with van der Waals surface area (Å²) in [7, 11) is 0. The average molecular weight is 454 g/mol. The molecule has 1 aromatic heterocycles. The molecule has 2 heterocycles. The van der Waals surface area contributed by atoms with Gasteiger partial charge in [-0.25, -0.2) is 4.68 Å². The summed E-state index contributed by atoms with van der Waals surface area (Å²) < 4.78 is 2.46. The van der Waals surface area contributed by atoms with E-state index in [9.17, 15) is 4.79 Å². The van der Waals surface area contributed by atoms with Crippen molar-refractivity contribution in [3.05, 3.63) is 76.3 Å². The van der Waals surface area contributed by atoms with Crippen molar-refractivity contribution in [3.63, 3.8) is 0 Å². The van der Waals surface area contributed by atoms with Gasteiger partial charge in [-0.3, -0.25) is 9.69 Å². The smallest absolute Gasteiger partial charge is 0.266 e. The predicted molar refractivity (Wildman–Crippen MR) is 129 cm³/mol. The van der Waals surface area contributed by atoms with Gasteiger partial charge in [-0.2, -0.15) is 5.10 Å². The van der Waals surface area contributed by atoms with E-state index >= 15 is 0 Å².